The first-order chi connectivity index (χ1) is 12.5. The minimum absolute atomic E-state index is 0.00587. The van der Waals surface area contributed by atoms with Gasteiger partial charge in [-0.2, -0.15) is 0 Å². The number of nitrogens with one attached hydrogen (secondary N) is 1. The van der Waals surface area contributed by atoms with Gasteiger partial charge in [-0.25, -0.2) is 0 Å². The highest BCUT2D eigenvalue weighted by molar-refractivity contribution is 6.00. The summed E-state index contributed by atoms with van der Waals surface area (Å²) >= 11 is 0. The van der Waals surface area contributed by atoms with Crippen molar-refractivity contribution in [2.75, 3.05) is 57.8 Å². The van der Waals surface area contributed by atoms with E-state index in [9.17, 15) is 9.59 Å². The lowest BCUT2D eigenvalue weighted by atomic mass is 10.1. The third kappa shape index (κ3) is 4.83. The third-order valence-corrected chi connectivity index (χ3v) is 5.39. The molecule has 1 atom stereocenters. The fourth-order valence-corrected chi connectivity index (χ4v) is 3.59. The maximum absolute atomic E-state index is 12.4. The van der Waals surface area contributed by atoms with Crippen molar-refractivity contribution in [3.05, 3.63) is 29.8 Å². The van der Waals surface area contributed by atoms with E-state index in [1.54, 1.807) is 4.90 Å². The van der Waals surface area contributed by atoms with Crippen LogP contribution in [-0.4, -0.2) is 74.5 Å². The Balaban J connectivity index is 1.40. The maximum atomic E-state index is 12.4. The zero-order valence-corrected chi connectivity index (χ0v) is 15.9. The second kappa shape index (κ2) is 8.64. The summed E-state index contributed by atoms with van der Waals surface area (Å²) < 4.78 is 0. The van der Waals surface area contributed by atoms with Gasteiger partial charge in [0.1, 0.15) is 0 Å². The van der Waals surface area contributed by atoms with E-state index < -0.39 is 0 Å². The summed E-state index contributed by atoms with van der Waals surface area (Å²) in [4.78, 5) is 31.2. The van der Waals surface area contributed by atoms with Gasteiger partial charge in [0, 0.05) is 51.4 Å². The van der Waals surface area contributed by atoms with Crippen molar-refractivity contribution in [1.29, 1.82) is 0 Å². The van der Waals surface area contributed by atoms with E-state index in [0.29, 0.717) is 19.5 Å². The predicted molar refractivity (Wildman–Crippen MR) is 103 cm³/mol. The Morgan fingerprint density at radius 3 is 2.54 bits per heavy atom. The number of benzene rings is 1. The first kappa shape index (κ1) is 18.9. The van der Waals surface area contributed by atoms with Gasteiger partial charge in [-0.1, -0.05) is 17.7 Å². The lowest BCUT2D eigenvalue weighted by Gasteiger charge is -2.32. The monoisotopic (exact) mass is 358 g/mol. The summed E-state index contributed by atoms with van der Waals surface area (Å²) in [7, 11) is 2.15. The zero-order chi connectivity index (χ0) is 18.5. The molecule has 1 aromatic rings. The molecule has 0 aromatic heterocycles. The molecule has 2 aliphatic rings. The maximum Gasteiger partial charge on any atom is 0.227 e. The molecular weight excluding hydrogens is 328 g/mol. The number of piperazine rings is 1. The molecule has 6 heteroatoms. The summed E-state index contributed by atoms with van der Waals surface area (Å²) in [5.74, 6) is -0.204. The predicted octanol–water partition coefficient (Wildman–Crippen LogP) is 1.10. The van der Waals surface area contributed by atoms with Crippen LogP contribution in [0.1, 0.15) is 18.4 Å². The van der Waals surface area contributed by atoms with Crippen molar-refractivity contribution in [3.8, 4) is 0 Å². The fourth-order valence-electron chi connectivity index (χ4n) is 3.59. The average Bonchev–Trinajstić information content (AvgIpc) is 3.02. The molecule has 0 aliphatic carbocycles. The van der Waals surface area contributed by atoms with Gasteiger partial charge in [0.15, 0.2) is 0 Å². The first-order valence-electron chi connectivity index (χ1n) is 9.58. The molecule has 2 fully saturated rings. The van der Waals surface area contributed by atoms with Crippen LogP contribution in [0.2, 0.25) is 0 Å². The normalized spacial score (nSPS) is 22.0. The standard InChI is InChI=1S/C20H30N4O2/c1-16-4-6-18(7-5-16)24-15-17(14-19(24)25)20(26)21-8-3-9-23-12-10-22(2)11-13-23/h4-7,17H,3,8-15H2,1-2H3,(H,21,26). The van der Waals surface area contributed by atoms with Gasteiger partial charge in [-0.15, -0.1) is 0 Å². The molecule has 0 bridgehead atoms. The molecule has 2 heterocycles. The van der Waals surface area contributed by atoms with Gasteiger partial charge in [0.2, 0.25) is 11.8 Å². The molecule has 1 aromatic carbocycles. The smallest absolute Gasteiger partial charge is 0.227 e. The Morgan fingerprint density at radius 1 is 1.15 bits per heavy atom. The number of likely N-dealkylation sites (N-methyl/N-ethyl adjacent to an activating group) is 1. The molecular formula is C20H30N4O2. The number of carbonyl (C=O) groups excluding carboxylic acids is 2. The van der Waals surface area contributed by atoms with Crippen molar-refractivity contribution in [2.24, 2.45) is 5.92 Å². The highest BCUT2D eigenvalue weighted by Crippen LogP contribution is 2.25. The number of amides is 2. The van der Waals surface area contributed by atoms with E-state index in [-0.39, 0.29) is 17.7 Å². The number of rotatable bonds is 6. The largest absolute Gasteiger partial charge is 0.356 e. The fraction of sp³-hybridized carbons (Fsp3) is 0.600. The van der Waals surface area contributed by atoms with Crippen molar-refractivity contribution < 1.29 is 9.59 Å². The number of nitrogens with zero attached hydrogens (tertiary/aromatic N) is 3. The lowest BCUT2D eigenvalue weighted by molar-refractivity contribution is -0.126. The van der Waals surface area contributed by atoms with Gasteiger partial charge in [-0.05, 0) is 39.1 Å². The summed E-state index contributed by atoms with van der Waals surface area (Å²) in [5, 5.41) is 3.02. The molecule has 26 heavy (non-hydrogen) atoms. The van der Waals surface area contributed by atoms with Crippen LogP contribution in [0.25, 0.3) is 0 Å². The van der Waals surface area contributed by atoms with Crippen LogP contribution in [0, 0.1) is 12.8 Å². The van der Waals surface area contributed by atoms with Crippen molar-refractivity contribution in [3.63, 3.8) is 0 Å². The Kier molecular flexibility index (Phi) is 6.27. The van der Waals surface area contributed by atoms with Gasteiger partial charge in [0.25, 0.3) is 0 Å². The van der Waals surface area contributed by atoms with Crippen molar-refractivity contribution in [2.45, 2.75) is 19.8 Å². The molecule has 1 N–H and O–H groups in total. The Bertz CT molecular complexity index is 623. The molecule has 0 radical (unpaired) electrons. The van der Waals surface area contributed by atoms with E-state index in [1.165, 1.54) is 0 Å². The minimum Gasteiger partial charge on any atom is -0.356 e. The van der Waals surface area contributed by atoms with E-state index in [4.69, 9.17) is 0 Å². The second-order valence-electron chi connectivity index (χ2n) is 7.53. The number of anilines is 1. The quantitative estimate of drug-likeness (QED) is 0.774. The van der Waals surface area contributed by atoms with E-state index >= 15 is 0 Å². The van der Waals surface area contributed by atoms with Gasteiger partial charge >= 0.3 is 0 Å². The van der Waals surface area contributed by atoms with Crippen LogP contribution in [0.15, 0.2) is 24.3 Å². The van der Waals surface area contributed by atoms with Gasteiger partial charge in [0.05, 0.1) is 5.92 Å². The second-order valence-corrected chi connectivity index (χ2v) is 7.53. The SMILES string of the molecule is Cc1ccc(N2CC(C(=O)NCCCN3CCN(C)CC3)CC2=O)cc1. The van der Waals surface area contributed by atoms with E-state index in [0.717, 1.165) is 50.4 Å². The Morgan fingerprint density at radius 2 is 1.85 bits per heavy atom. The first-order valence-corrected chi connectivity index (χ1v) is 9.58. The van der Waals surface area contributed by atoms with Crippen LogP contribution in [-0.2, 0) is 9.59 Å². The van der Waals surface area contributed by atoms with Crippen LogP contribution in [0.5, 0.6) is 0 Å². The van der Waals surface area contributed by atoms with Crippen LogP contribution in [0.4, 0.5) is 5.69 Å². The number of hydrogen-bond acceptors (Lipinski definition) is 4. The molecule has 2 saturated heterocycles. The topological polar surface area (TPSA) is 55.9 Å². The molecule has 2 aliphatic heterocycles. The third-order valence-electron chi connectivity index (χ3n) is 5.39. The Hall–Kier alpha value is -1.92. The average molecular weight is 358 g/mol. The summed E-state index contributed by atoms with van der Waals surface area (Å²) in [5.41, 5.74) is 2.04. The molecule has 0 spiro atoms. The summed E-state index contributed by atoms with van der Waals surface area (Å²) in [6.07, 6.45) is 1.26. The molecule has 142 valence electrons. The van der Waals surface area contributed by atoms with Crippen molar-refractivity contribution in [1.82, 2.24) is 15.1 Å². The molecule has 0 saturated carbocycles. The van der Waals surface area contributed by atoms with Crippen molar-refractivity contribution >= 4 is 17.5 Å². The van der Waals surface area contributed by atoms with E-state index in [1.807, 2.05) is 31.2 Å². The zero-order valence-electron chi connectivity index (χ0n) is 15.9. The number of hydrogen-bond donors (Lipinski definition) is 1. The highest BCUT2D eigenvalue weighted by atomic mass is 16.2. The van der Waals surface area contributed by atoms with Gasteiger partial charge < -0.3 is 20.0 Å². The molecule has 3 rings (SSSR count). The summed E-state index contributed by atoms with van der Waals surface area (Å²) in [6, 6.07) is 7.88. The lowest BCUT2D eigenvalue weighted by Crippen LogP contribution is -2.45. The Labute approximate surface area is 156 Å². The molecule has 1 unspecified atom stereocenters. The number of carbonyl (C=O) groups is 2. The minimum atomic E-state index is -0.243. The highest BCUT2D eigenvalue weighted by Gasteiger charge is 2.34. The molecule has 6 nitrogen and oxygen atoms in total. The van der Waals surface area contributed by atoms with Gasteiger partial charge in [-0.3, -0.25) is 9.59 Å². The van der Waals surface area contributed by atoms with Crippen LogP contribution < -0.4 is 10.2 Å². The number of aryl methyl sites for hydroxylation is 1. The van der Waals surface area contributed by atoms with Crippen LogP contribution in [0.3, 0.4) is 0 Å². The molecule has 2 amide bonds. The van der Waals surface area contributed by atoms with Crippen LogP contribution >= 0.6 is 0 Å². The van der Waals surface area contributed by atoms with E-state index in [2.05, 4.69) is 22.2 Å². The summed E-state index contributed by atoms with van der Waals surface area (Å²) in [6.45, 7) is 8.64.